The Bertz CT molecular complexity index is 605. The summed E-state index contributed by atoms with van der Waals surface area (Å²) in [7, 11) is 3.44. The Hall–Kier alpha value is -2.57. The number of hydrogen-bond donors (Lipinski definition) is 2. The van der Waals surface area contributed by atoms with Crippen molar-refractivity contribution < 1.29 is 4.74 Å². The van der Waals surface area contributed by atoms with Gasteiger partial charge >= 0.3 is 0 Å². The van der Waals surface area contributed by atoms with E-state index in [1.165, 1.54) is 0 Å². The maximum atomic E-state index is 5.83. The standard InChI is InChI=1S/C13H18N6O/c1-9-10(12(20-3)19(2)18-9)8-16-13(14)17-11-6-4-5-7-15-11/h4-7H,8H2,1-3H3,(H3,14,15,16,17). The Balaban J connectivity index is 2.09. The van der Waals surface area contributed by atoms with Gasteiger partial charge in [-0.15, -0.1) is 0 Å². The molecule has 0 fully saturated rings. The van der Waals surface area contributed by atoms with Crippen LogP contribution in [-0.2, 0) is 13.6 Å². The van der Waals surface area contributed by atoms with Gasteiger partial charge in [0.05, 0.1) is 24.9 Å². The Morgan fingerprint density at radius 3 is 2.95 bits per heavy atom. The van der Waals surface area contributed by atoms with Crippen LogP contribution in [0.25, 0.3) is 0 Å². The fraction of sp³-hybridized carbons (Fsp3) is 0.308. The summed E-state index contributed by atoms with van der Waals surface area (Å²) in [5.41, 5.74) is 7.62. The monoisotopic (exact) mass is 274 g/mol. The van der Waals surface area contributed by atoms with Gasteiger partial charge in [0.25, 0.3) is 0 Å². The van der Waals surface area contributed by atoms with Crippen LogP contribution in [0, 0.1) is 6.92 Å². The summed E-state index contributed by atoms with van der Waals surface area (Å²) in [5.74, 6) is 1.65. The van der Waals surface area contributed by atoms with Gasteiger partial charge in [0.15, 0.2) is 5.96 Å². The number of rotatable bonds is 4. The average Bonchev–Trinajstić information content (AvgIpc) is 2.71. The Morgan fingerprint density at radius 2 is 2.30 bits per heavy atom. The zero-order valence-corrected chi connectivity index (χ0v) is 11.8. The van der Waals surface area contributed by atoms with Gasteiger partial charge in [0.1, 0.15) is 5.82 Å². The molecule has 0 aromatic carbocycles. The second-order valence-corrected chi connectivity index (χ2v) is 4.24. The van der Waals surface area contributed by atoms with E-state index in [2.05, 4.69) is 20.4 Å². The van der Waals surface area contributed by atoms with E-state index in [0.717, 1.165) is 11.3 Å². The first-order valence-electron chi connectivity index (χ1n) is 6.16. The number of aryl methyl sites for hydroxylation is 2. The number of guanidine groups is 1. The molecular formula is C13H18N6O. The van der Waals surface area contributed by atoms with Crippen LogP contribution >= 0.6 is 0 Å². The lowest BCUT2D eigenvalue weighted by Gasteiger charge is -2.05. The van der Waals surface area contributed by atoms with Crippen LogP contribution in [0.1, 0.15) is 11.3 Å². The van der Waals surface area contributed by atoms with Crippen molar-refractivity contribution in [2.24, 2.45) is 17.8 Å². The molecule has 2 aromatic rings. The third-order valence-corrected chi connectivity index (χ3v) is 2.81. The first-order chi connectivity index (χ1) is 9.61. The largest absolute Gasteiger partial charge is 0.481 e. The van der Waals surface area contributed by atoms with Crippen molar-refractivity contribution in [3.63, 3.8) is 0 Å². The molecular weight excluding hydrogens is 256 g/mol. The molecule has 0 saturated heterocycles. The van der Waals surface area contributed by atoms with E-state index in [9.17, 15) is 0 Å². The molecule has 3 N–H and O–H groups in total. The fourth-order valence-electron chi connectivity index (χ4n) is 1.89. The van der Waals surface area contributed by atoms with Crippen LogP contribution in [0.3, 0.4) is 0 Å². The molecule has 2 heterocycles. The maximum Gasteiger partial charge on any atom is 0.216 e. The van der Waals surface area contributed by atoms with Crippen LogP contribution in [-0.4, -0.2) is 27.8 Å². The van der Waals surface area contributed by atoms with Crippen LogP contribution in [0.5, 0.6) is 5.88 Å². The highest BCUT2D eigenvalue weighted by Gasteiger charge is 2.13. The van der Waals surface area contributed by atoms with Crippen molar-refractivity contribution >= 4 is 11.8 Å². The van der Waals surface area contributed by atoms with E-state index in [0.29, 0.717) is 24.2 Å². The Morgan fingerprint density at radius 1 is 1.50 bits per heavy atom. The molecule has 0 unspecified atom stereocenters. The smallest absolute Gasteiger partial charge is 0.216 e. The SMILES string of the molecule is COc1c(CN=C(N)Nc2ccccn2)c(C)nn1C. The summed E-state index contributed by atoms with van der Waals surface area (Å²) in [6.07, 6.45) is 1.68. The number of hydrogen-bond acceptors (Lipinski definition) is 4. The number of ether oxygens (including phenoxy) is 1. The molecule has 0 spiro atoms. The molecule has 0 atom stereocenters. The predicted octanol–water partition coefficient (Wildman–Crippen LogP) is 1.06. The number of anilines is 1. The zero-order chi connectivity index (χ0) is 14.5. The van der Waals surface area contributed by atoms with Crippen molar-refractivity contribution in [3.8, 4) is 5.88 Å². The van der Waals surface area contributed by atoms with Gasteiger partial charge in [-0.2, -0.15) is 5.10 Å². The van der Waals surface area contributed by atoms with E-state index >= 15 is 0 Å². The summed E-state index contributed by atoms with van der Waals surface area (Å²) in [5, 5.41) is 7.22. The highest BCUT2D eigenvalue weighted by Crippen LogP contribution is 2.21. The zero-order valence-electron chi connectivity index (χ0n) is 11.8. The lowest BCUT2D eigenvalue weighted by molar-refractivity contribution is 0.369. The summed E-state index contributed by atoms with van der Waals surface area (Å²) in [4.78, 5) is 8.40. The van der Waals surface area contributed by atoms with Crippen molar-refractivity contribution in [3.05, 3.63) is 35.7 Å². The molecule has 0 saturated carbocycles. The molecule has 7 nitrogen and oxygen atoms in total. The minimum absolute atomic E-state index is 0.300. The van der Waals surface area contributed by atoms with Gasteiger partial charge in [-0.05, 0) is 19.1 Å². The minimum atomic E-state index is 0.300. The van der Waals surface area contributed by atoms with Gasteiger partial charge in [-0.25, -0.2) is 14.7 Å². The van der Waals surface area contributed by atoms with Crippen molar-refractivity contribution in [2.75, 3.05) is 12.4 Å². The lowest BCUT2D eigenvalue weighted by atomic mass is 10.2. The number of nitrogens with two attached hydrogens (primary N) is 1. The van der Waals surface area contributed by atoms with Gasteiger partial charge in [0, 0.05) is 13.2 Å². The average molecular weight is 274 g/mol. The number of pyridine rings is 1. The lowest BCUT2D eigenvalue weighted by Crippen LogP contribution is -2.23. The van der Waals surface area contributed by atoms with Crippen LogP contribution in [0.15, 0.2) is 29.4 Å². The van der Waals surface area contributed by atoms with Crippen molar-refractivity contribution in [1.29, 1.82) is 0 Å². The second-order valence-electron chi connectivity index (χ2n) is 4.24. The number of aliphatic imine (C=N–C) groups is 1. The molecule has 2 rings (SSSR count). The fourth-order valence-corrected chi connectivity index (χ4v) is 1.89. The van der Waals surface area contributed by atoms with Crippen LogP contribution in [0.4, 0.5) is 5.82 Å². The van der Waals surface area contributed by atoms with E-state index < -0.39 is 0 Å². The molecule has 0 aliphatic heterocycles. The number of nitrogens with one attached hydrogen (secondary N) is 1. The molecule has 0 radical (unpaired) electrons. The molecule has 20 heavy (non-hydrogen) atoms. The molecule has 2 aromatic heterocycles. The number of nitrogens with zero attached hydrogens (tertiary/aromatic N) is 4. The number of methoxy groups -OCH3 is 1. The van der Waals surface area contributed by atoms with Gasteiger partial charge in [-0.1, -0.05) is 6.07 Å². The van der Waals surface area contributed by atoms with E-state index in [1.54, 1.807) is 18.0 Å². The topological polar surface area (TPSA) is 90.3 Å². The summed E-state index contributed by atoms with van der Waals surface area (Å²) in [6.45, 7) is 2.31. The highest BCUT2D eigenvalue weighted by atomic mass is 16.5. The third-order valence-electron chi connectivity index (χ3n) is 2.81. The van der Waals surface area contributed by atoms with E-state index in [1.807, 2.05) is 32.2 Å². The summed E-state index contributed by atoms with van der Waals surface area (Å²) < 4.78 is 6.99. The van der Waals surface area contributed by atoms with Gasteiger partial charge in [0.2, 0.25) is 5.88 Å². The summed E-state index contributed by atoms with van der Waals surface area (Å²) >= 11 is 0. The van der Waals surface area contributed by atoms with E-state index in [-0.39, 0.29) is 0 Å². The van der Waals surface area contributed by atoms with Gasteiger partial charge < -0.3 is 15.8 Å². The van der Waals surface area contributed by atoms with Crippen molar-refractivity contribution in [2.45, 2.75) is 13.5 Å². The minimum Gasteiger partial charge on any atom is -0.481 e. The van der Waals surface area contributed by atoms with Crippen LogP contribution < -0.4 is 15.8 Å². The predicted molar refractivity (Wildman–Crippen MR) is 77.7 cm³/mol. The van der Waals surface area contributed by atoms with Gasteiger partial charge in [-0.3, -0.25) is 0 Å². The molecule has 7 heteroatoms. The van der Waals surface area contributed by atoms with E-state index in [4.69, 9.17) is 10.5 Å². The first-order valence-corrected chi connectivity index (χ1v) is 6.16. The maximum absolute atomic E-state index is 5.83. The van der Waals surface area contributed by atoms with Crippen molar-refractivity contribution in [1.82, 2.24) is 14.8 Å². The highest BCUT2D eigenvalue weighted by molar-refractivity contribution is 5.91. The molecule has 0 amide bonds. The Kier molecular flexibility index (Phi) is 4.19. The first kappa shape index (κ1) is 13.9. The summed E-state index contributed by atoms with van der Waals surface area (Å²) in [6, 6.07) is 5.53. The molecule has 0 aliphatic carbocycles. The number of aromatic nitrogens is 3. The molecule has 0 bridgehead atoms. The molecule has 106 valence electrons. The normalized spacial score (nSPS) is 11.4. The third kappa shape index (κ3) is 3.05. The quantitative estimate of drug-likeness (QED) is 0.642. The Labute approximate surface area is 117 Å². The van der Waals surface area contributed by atoms with Crippen LogP contribution in [0.2, 0.25) is 0 Å². The molecule has 0 aliphatic rings. The second kappa shape index (κ2) is 6.05.